The van der Waals surface area contributed by atoms with E-state index < -0.39 is 0 Å². The van der Waals surface area contributed by atoms with Crippen LogP contribution in [-0.2, 0) is 9.53 Å². The van der Waals surface area contributed by atoms with Crippen molar-refractivity contribution in [2.45, 2.75) is 46.5 Å². The van der Waals surface area contributed by atoms with Gasteiger partial charge in [-0.1, -0.05) is 23.3 Å². The molecular formula is C15H22O2. The van der Waals surface area contributed by atoms with Crippen LogP contribution in [0.1, 0.15) is 46.5 Å². The first-order valence-electron chi connectivity index (χ1n) is 6.23. The van der Waals surface area contributed by atoms with E-state index in [4.69, 9.17) is 4.74 Å². The molecule has 0 saturated carbocycles. The molecule has 0 atom stereocenters. The molecule has 2 heteroatoms. The maximum Gasteiger partial charge on any atom is 0.331 e. The van der Waals surface area contributed by atoms with E-state index in [1.54, 1.807) is 6.08 Å². The number of carbonyl (C=O) groups is 1. The highest BCUT2D eigenvalue weighted by Crippen LogP contribution is 2.12. The molecule has 2 nitrogen and oxygen atoms in total. The van der Waals surface area contributed by atoms with Crippen molar-refractivity contribution in [3.8, 4) is 0 Å². The Bertz CT molecular complexity index is 359. The van der Waals surface area contributed by atoms with Crippen LogP contribution in [0.2, 0.25) is 0 Å². The predicted octanol–water partition coefficient (Wildman–Crippen LogP) is 3.94. The average molecular weight is 234 g/mol. The van der Waals surface area contributed by atoms with Crippen LogP contribution in [0, 0.1) is 0 Å². The van der Waals surface area contributed by atoms with Crippen LogP contribution in [0.4, 0.5) is 0 Å². The zero-order chi connectivity index (χ0) is 12.7. The highest BCUT2D eigenvalue weighted by atomic mass is 16.5. The van der Waals surface area contributed by atoms with Gasteiger partial charge in [-0.15, -0.1) is 0 Å². The number of cyclic esters (lactones) is 1. The molecule has 0 saturated heterocycles. The molecular weight excluding hydrogens is 212 g/mol. The van der Waals surface area contributed by atoms with Gasteiger partial charge in [0.05, 0.1) is 0 Å². The first kappa shape index (κ1) is 13.8. The third-order valence-electron chi connectivity index (χ3n) is 2.87. The third kappa shape index (κ3) is 6.10. The van der Waals surface area contributed by atoms with Crippen molar-refractivity contribution in [1.82, 2.24) is 0 Å². The van der Waals surface area contributed by atoms with E-state index in [2.05, 4.69) is 19.1 Å². The summed E-state index contributed by atoms with van der Waals surface area (Å²) in [5, 5.41) is 0. The van der Waals surface area contributed by atoms with Gasteiger partial charge in [-0.25, -0.2) is 4.79 Å². The van der Waals surface area contributed by atoms with Crippen molar-refractivity contribution in [2.24, 2.45) is 0 Å². The first-order chi connectivity index (χ1) is 8.08. The number of carbonyl (C=O) groups excluding carboxylic acids is 1. The third-order valence-corrected chi connectivity index (χ3v) is 2.87. The van der Waals surface area contributed by atoms with Gasteiger partial charge >= 0.3 is 5.97 Å². The summed E-state index contributed by atoms with van der Waals surface area (Å²) in [4.78, 5) is 11.5. The summed E-state index contributed by atoms with van der Waals surface area (Å²) < 4.78 is 5.16. The van der Waals surface area contributed by atoms with E-state index in [-0.39, 0.29) is 5.97 Å². The zero-order valence-electron chi connectivity index (χ0n) is 11.1. The maximum atomic E-state index is 11.5. The average Bonchev–Trinajstić information content (AvgIpc) is 2.26. The molecule has 0 amide bonds. The van der Waals surface area contributed by atoms with Crippen LogP contribution in [0.3, 0.4) is 0 Å². The van der Waals surface area contributed by atoms with Gasteiger partial charge in [0.2, 0.25) is 0 Å². The van der Waals surface area contributed by atoms with Crippen LogP contribution in [-0.4, -0.2) is 12.6 Å². The highest BCUT2D eigenvalue weighted by Gasteiger charge is 2.01. The van der Waals surface area contributed by atoms with Crippen molar-refractivity contribution in [3.05, 3.63) is 34.9 Å². The van der Waals surface area contributed by atoms with Gasteiger partial charge < -0.3 is 4.74 Å². The van der Waals surface area contributed by atoms with Crippen LogP contribution in [0.15, 0.2) is 34.9 Å². The molecule has 1 aliphatic heterocycles. The number of hydrogen-bond acceptors (Lipinski definition) is 2. The highest BCUT2D eigenvalue weighted by molar-refractivity contribution is 5.82. The molecule has 0 radical (unpaired) electrons. The van der Waals surface area contributed by atoms with E-state index in [1.807, 2.05) is 13.8 Å². The Labute approximate surface area is 104 Å². The van der Waals surface area contributed by atoms with E-state index in [0.29, 0.717) is 6.61 Å². The molecule has 0 aliphatic carbocycles. The molecule has 1 heterocycles. The van der Waals surface area contributed by atoms with Crippen molar-refractivity contribution < 1.29 is 9.53 Å². The summed E-state index contributed by atoms with van der Waals surface area (Å²) >= 11 is 0. The summed E-state index contributed by atoms with van der Waals surface area (Å²) in [6.45, 7) is 6.56. The molecule has 0 unspecified atom stereocenters. The Kier molecular flexibility index (Phi) is 5.75. The van der Waals surface area contributed by atoms with Gasteiger partial charge in [0.1, 0.15) is 6.61 Å². The van der Waals surface area contributed by atoms with E-state index in [1.165, 1.54) is 5.57 Å². The van der Waals surface area contributed by atoms with E-state index >= 15 is 0 Å². The maximum absolute atomic E-state index is 11.5. The molecule has 0 fully saturated rings. The number of rotatable bonds is 0. The van der Waals surface area contributed by atoms with Crippen molar-refractivity contribution >= 4 is 5.97 Å². The summed E-state index contributed by atoms with van der Waals surface area (Å²) in [7, 11) is 0. The van der Waals surface area contributed by atoms with Gasteiger partial charge in [-0.2, -0.15) is 0 Å². The second kappa shape index (κ2) is 7.10. The fourth-order valence-corrected chi connectivity index (χ4v) is 1.75. The van der Waals surface area contributed by atoms with Gasteiger partial charge in [-0.05, 0) is 52.0 Å². The summed E-state index contributed by atoms with van der Waals surface area (Å²) in [5.74, 6) is -0.227. The molecule has 0 aromatic carbocycles. The number of ether oxygens (including phenoxy) is 1. The monoisotopic (exact) mass is 234 g/mol. The molecule has 0 N–H and O–H groups in total. The summed E-state index contributed by atoms with van der Waals surface area (Å²) in [6.07, 6.45) is 10.1. The lowest BCUT2D eigenvalue weighted by atomic mass is 10.1. The minimum Gasteiger partial charge on any atom is -0.458 e. The molecule has 1 aliphatic rings. The topological polar surface area (TPSA) is 26.3 Å². The lowest BCUT2D eigenvalue weighted by Gasteiger charge is -2.03. The Morgan fingerprint density at radius 2 is 1.53 bits per heavy atom. The molecule has 94 valence electrons. The second-order valence-corrected chi connectivity index (χ2v) is 4.78. The van der Waals surface area contributed by atoms with Crippen LogP contribution in [0.25, 0.3) is 0 Å². The van der Waals surface area contributed by atoms with Gasteiger partial charge in [0.15, 0.2) is 0 Å². The lowest BCUT2D eigenvalue weighted by Crippen LogP contribution is -2.04. The summed E-state index contributed by atoms with van der Waals surface area (Å²) in [6, 6.07) is 0. The zero-order valence-corrected chi connectivity index (χ0v) is 11.1. The van der Waals surface area contributed by atoms with E-state index in [9.17, 15) is 4.79 Å². The molecule has 0 aromatic rings. The normalized spacial score (nSPS) is 19.9. The van der Waals surface area contributed by atoms with Crippen molar-refractivity contribution in [3.63, 3.8) is 0 Å². The Morgan fingerprint density at radius 1 is 0.941 bits per heavy atom. The molecule has 0 spiro atoms. The first-order valence-corrected chi connectivity index (χ1v) is 6.23. The molecule has 17 heavy (non-hydrogen) atoms. The SMILES string of the molecule is CC1=CCCC(C)=CC(=O)OCC(C)=CCC1. The van der Waals surface area contributed by atoms with Crippen LogP contribution < -0.4 is 0 Å². The predicted molar refractivity (Wildman–Crippen MR) is 70.7 cm³/mol. The largest absolute Gasteiger partial charge is 0.458 e. The lowest BCUT2D eigenvalue weighted by molar-refractivity contribution is -0.136. The van der Waals surface area contributed by atoms with E-state index in [0.717, 1.165) is 36.8 Å². The van der Waals surface area contributed by atoms with Gasteiger partial charge in [-0.3, -0.25) is 0 Å². The number of allylic oxidation sites excluding steroid dienone is 4. The molecule has 0 bridgehead atoms. The minimum absolute atomic E-state index is 0.227. The molecule has 0 aromatic heterocycles. The number of hydrogen-bond donors (Lipinski definition) is 0. The fraction of sp³-hybridized carbons (Fsp3) is 0.533. The van der Waals surface area contributed by atoms with Crippen LogP contribution >= 0.6 is 0 Å². The minimum atomic E-state index is -0.227. The fourth-order valence-electron chi connectivity index (χ4n) is 1.75. The van der Waals surface area contributed by atoms with Gasteiger partial charge in [0.25, 0.3) is 0 Å². The number of esters is 1. The van der Waals surface area contributed by atoms with Crippen molar-refractivity contribution in [2.75, 3.05) is 6.61 Å². The van der Waals surface area contributed by atoms with Crippen molar-refractivity contribution in [1.29, 1.82) is 0 Å². The quantitative estimate of drug-likeness (QED) is 0.468. The molecule has 1 rings (SSSR count). The van der Waals surface area contributed by atoms with Crippen LogP contribution in [0.5, 0.6) is 0 Å². The Morgan fingerprint density at radius 3 is 2.24 bits per heavy atom. The standard InChI is InChI=1S/C15H22O2/c1-12-6-4-8-13(2)10-15(16)17-11-14(3)9-5-7-12/h6,9-10H,4-5,7-8,11H2,1-3H3. The van der Waals surface area contributed by atoms with Gasteiger partial charge in [0, 0.05) is 6.08 Å². The Balaban J connectivity index is 2.72. The second-order valence-electron chi connectivity index (χ2n) is 4.78. The Hall–Kier alpha value is -1.31. The smallest absolute Gasteiger partial charge is 0.331 e. The summed E-state index contributed by atoms with van der Waals surface area (Å²) in [5.41, 5.74) is 3.63.